The van der Waals surface area contributed by atoms with Crippen LogP contribution in [0.5, 0.6) is 0 Å². The fourth-order valence-electron chi connectivity index (χ4n) is 3.63. The minimum atomic E-state index is -0.856. The first-order valence-corrected chi connectivity index (χ1v) is 8.35. The molecule has 120 valence electrons. The molecule has 5 heteroatoms. The number of hydrogen-bond donors (Lipinski definition) is 1. The normalized spacial score (nSPS) is 30.3. The monoisotopic (exact) mass is 296 g/mol. The van der Waals surface area contributed by atoms with Crippen molar-refractivity contribution in [2.45, 2.75) is 58.4 Å². The summed E-state index contributed by atoms with van der Waals surface area (Å²) < 4.78 is 0. The summed E-state index contributed by atoms with van der Waals surface area (Å²) in [6, 6.07) is -0.701. The molecule has 0 aromatic rings. The molecule has 2 rings (SSSR count). The molecule has 2 aliphatic heterocycles. The molecule has 2 amide bonds. The topological polar surface area (TPSA) is 60.9 Å². The van der Waals surface area contributed by atoms with Gasteiger partial charge in [0.15, 0.2) is 0 Å². The molecule has 0 aromatic carbocycles. The van der Waals surface area contributed by atoms with Crippen LogP contribution in [0.15, 0.2) is 0 Å². The summed E-state index contributed by atoms with van der Waals surface area (Å²) in [5.41, 5.74) is 0. The van der Waals surface area contributed by atoms with Gasteiger partial charge in [-0.2, -0.15) is 0 Å². The quantitative estimate of drug-likeness (QED) is 0.871. The maximum atomic E-state index is 12.7. The molecule has 21 heavy (non-hydrogen) atoms. The molecule has 0 aromatic heterocycles. The van der Waals surface area contributed by atoms with Crippen molar-refractivity contribution in [2.75, 3.05) is 19.6 Å². The average Bonchev–Trinajstić information content (AvgIpc) is 2.53. The van der Waals surface area contributed by atoms with Gasteiger partial charge in [0.25, 0.3) is 0 Å². The predicted molar refractivity (Wildman–Crippen MR) is 81.1 cm³/mol. The summed E-state index contributed by atoms with van der Waals surface area (Å²) in [6.45, 7) is 6.40. The highest BCUT2D eigenvalue weighted by Crippen LogP contribution is 2.28. The van der Waals surface area contributed by atoms with Gasteiger partial charge in [0.05, 0.1) is 0 Å². The van der Waals surface area contributed by atoms with Crippen LogP contribution >= 0.6 is 0 Å². The molecule has 2 fully saturated rings. The van der Waals surface area contributed by atoms with Gasteiger partial charge in [-0.3, -0.25) is 0 Å². The fourth-order valence-corrected chi connectivity index (χ4v) is 3.63. The maximum absolute atomic E-state index is 12.7. The molecule has 2 heterocycles. The third-order valence-corrected chi connectivity index (χ3v) is 5.19. The predicted octanol–water partition coefficient (Wildman–Crippen LogP) is 2.80. The summed E-state index contributed by atoms with van der Waals surface area (Å²) in [4.78, 5) is 27.7. The van der Waals surface area contributed by atoms with E-state index in [0.717, 1.165) is 38.8 Å². The third-order valence-electron chi connectivity index (χ3n) is 5.19. The Hall–Kier alpha value is -1.26. The molecule has 2 aliphatic rings. The highest BCUT2D eigenvalue weighted by atomic mass is 16.4. The Labute approximate surface area is 127 Å². The van der Waals surface area contributed by atoms with E-state index in [-0.39, 0.29) is 6.03 Å². The van der Waals surface area contributed by atoms with Crippen molar-refractivity contribution in [3.05, 3.63) is 0 Å². The van der Waals surface area contributed by atoms with Gasteiger partial charge in [-0.25, -0.2) is 9.59 Å². The molecule has 0 bridgehead atoms. The van der Waals surface area contributed by atoms with Crippen molar-refractivity contribution in [1.82, 2.24) is 9.80 Å². The van der Waals surface area contributed by atoms with E-state index < -0.39 is 12.0 Å². The molecular formula is C16H28N2O3. The van der Waals surface area contributed by atoms with Crippen molar-refractivity contribution in [3.8, 4) is 0 Å². The van der Waals surface area contributed by atoms with Crippen LogP contribution in [0.2, 0.25) is 0 Å². The van der Waals surface area contributed by atoms with Crippen LogP contribution in [0, 0.1) is 11.8 Å². The van der Waals surface area contributed by atoms with Crippen molar-refractivity contribution in [1.29, 1.82) is 0 Å². The van der Waals surface area contributed by atoms with E-state index in [1.165, 1.54) is 6.42 Å². The second-order valence-electron chi connectivity index (χ2n) is 6.49. The fraction of sp³-hybridized carbons (Fsp3) is 0.875. The van der Waals surface area contributed by atoms with Gasteiger partial charge in [-0.15, -0.1) is 0 Å². The van der Waals surface area contributed by atoms with Crippen molar-refractivity contribution >= 4 is 12.0 Å². The van der Waals surface area contributed by atoms with E-state index in [1.54, 1.807) is 4.90 Å². The number of likely N-dealkylation sites (tertiary alicyclic amines) is 2. The van der Waals surface area contributed by atoms with Crippen molar-refractivity contribution in [3.63, 3.8) is 0 Å². The van der Waals surface area contributed by atoms with Gasteiger partial charge in [-0.1, -0.05) is 26.7 Å². The molecule has 0 aliphatic carbocycles. The maximum Gasteiger partial charge on any atom is 0.326 e. The Morgan fingerprint density at radius 2 is 1.81 bits per heavy atom. The largest absolute Gasteiger partial charge is 0.480 e. The number of nitrogens with zero attached hydrogens (tertiary/aromatic N) is 2. The first kappa shape index (κ1) is 16.1. The molecular weight excluding hydrogens is 268 g/mol. The molecule has 0 spiro atoms. The highest BCUT2D eigenvalue weighted by molar-refractivity contribution is 5.83. The SMILES string of the molecule is CCC1CCN(C(=O)N2CCCC(CC)C2)C(C(=O)O)C1. The van der Waals surface area contributed by atoms with Crippen LogP contribution in [-0.2, 0) is 4.79 Å². The minimum absolute atomic E-state index is 0.0601. The number of piperidine rings is 2. The molecule has 0 radical (unpaired) electrons. The Kier molecular flexibility index (Phi) is 5.48. The van der Waals surface area contributed by atoms with E-state index in [1.807, 2.05) is 4.90 Å². The summed E-state index contributed by atoms with van der Waals surface area (Å²) >= 11 is 0. The average molecular weight is 296 g/mol. The zero-order valence-corrected chi connectivity index (χ0v) is 13.3. The van der Waals surface area contributed by atoms with Crippen LogP contribution in [0.4, 0.5) is 4.79 Å². The van der Waals surface area contributed by atoms with E-state index in [0.29, 0.717) is 24.8 Å². The third kappa shape index (κ3) is 3.69. The number of carboxylic acid groups (broad SMARTS) is 1. The second-order valence-corrected chi connectivity index (χ2v) is 6.49. The smallest absolute Gasteiger partial charge is 0.326 e. The number of carbonyl (C=O) groups excluding carboxylic acids is 1. The molecule has 3 atom stereocenters. The van der Waals surface area contributed by atoms with E-state index in [9.17, 15) is 14.7 Å². The lowest BCUT2D eigenvalue weighted by atomic mass is 9.89. The molecule has 1 N–H and O–H groups in total. The van der Waals surface area contributed by atoms with Gasteiger partial charge < -0.3 is 14.9 Å². The van der Waals surface area contributed by atoms with Gasteiger partial charge in [-0.05, 0) is 37.5 Å². The van der Waals surface area contributed by atoms with Gasteiger partial charge in [0.1, 0.15) is 6.04 Å². The van der Waals surface area contributed by atoms with Crippen LogP contribution in [0.1, 0.15) is 52.4 Å². The molecule has 0 saturated carbocycles. The Morgan fingerprint density at radius 3 is 2.43 bits per heavy atom. The number of aliphatic carboxylic acids is 1. The minimum Gasteiger partial charge on any atom is -0.480 e. The summed E-state index contributed by atoms with van der Waals surface area (Å²) in [6.07, 6.45) is 5.82. The number of carboxylic acids is 1. The number of carbonyl (C=O) groups is 2. The zero-order valence-electron chi connectivity index (χ0n) is 13.3. The number of amides is 2. The van der Waals surface area contributed by atoms with Crippen LogP contribution in [-0.4, -0.2) is 52.6 Å². The number of rotatable bonds is 3. The van der Waals surface area contributed by atoms with Gasteiger partial charge in [0, 0.05) is 19.6 Å². The number of hydrogen-bond acceptors (Lipinski definition) is 2. The molecule has 3 unspecified atom stereocenters. The van der Waals surface area contributed by atoms with E-state index in [2.05, 4.69) is 13.8 Å². The van der Waals surface area contributed by atoms with Crippen molar-refractivity contribution in [2.24, 2.45) is 11.8 Å². The van der Waals surface area contributed by atoms with Gasteiger partial charge in [0.2, 0.25) is 0 Å². The lowest BCUT2D eigenvalue weighted by Gasteiger charge is -2.41. The van der Waals surface area contributed by atoms with Crippen molar-refractivity contribution < 1.29 is 14.7 Å². The Morgan fingerprint density at radius 1 is 1.10 bits per heavy atom. The van der Waals surface area contributed by atoms with Crippen LogP contribution in [0.3, 0.4) is 0 Å². The van der Waals surface area contributed by atoms with E-state index in [4.69, 9.17) is 0 Å². The summed E-state index contributed by atoms with van der Waals surface area (Å²) in [5, 5.41) is 9.45. The summed E-state index contributed by atoms with van der Waals surface area (Å²) in [5.74, 6) is 0.143. The standard InChI is InChI=1S/C16H28N2O3/c1-3-12-7-9-18(14(10-12)15(19)20)16(21)17-8-5-6-13(4-2)11-17/h12-14H,3-11H2,1-2H3,(H,19,20). The Balaban J connectivity index is 2.04. The number of urea groups is 1. The lowest BCUT2D eigenvalue weighted by Crippen LogP contribution is -2.56. The zero-order chi connectivity index (χ0) is 15.4. The van der Waals surface area contributed by atoms with E-state index >= 15 is 0 Å². The highest BCUT2D eigenvalue weighted by Gasteiger charge is 2.38. The summed E-state index contributed by atoms with van der Waals surface area (Å²) in [7, 11) is 0. The first-order chi connectivity index (χ1) is 10.1. The molecule has 5 nitrogen and oxygen atoms in total. The van der Waals surface area contributed by atoms with Crippen LogP contribution < -0.4 is 0 Å². The second kappa shape index (κ2) is 7.14. The van der Waals surface area contributed by atoms with Gasteiger partial charge >= 0.3 is 12.0 Å². The van der Waals surface area contributed by atoms with Crippen LogP contribution in [0.25, 0.3) is 0 Å². The Bertz CT molecular complexity index is 386. The molecule has 2 saturated heterocycles. The lowest BCUT2D eigenvalue weighted by molar-refractivity contribution is -0.144. The first-order valence-electron chi connectivity index (χ1n) is 8.35.